The summed E-state index contributed by atoms with van der Waals surface area (Å²) in [4.78, 5) is 1.54. The molecule has 0 bridgehead atoms. The van der Waals surface area contributed by atoms with E-state index in [0.717, 1.165) is 19.3 Å². The van der Waals surface area contributed by atoms with Crippen molar-refractivity contribution in [2.75, 3.05) is 19.5 Å². The predicted molar refractivity (Wildman–Crippen MR) is 68.4 cm³/mol. The summed E-state index contributed by atoms with van der Waals surface area (Å²) in [6.07, 6.45) is 2.05. The van der Waals surface area contributed by atoms with Crippen LogP contribution in [-0.2, 0) is 6.42 Å². The van der Waals surface area contributed by atoms with Crippen molar-refractivity contribution in [3.63, 3.8) is 0 Å². The second-order valence-corrected chi connectivity index (χ2v) is 5.14. The summed E-state index contributed by atoms with van der Waals surface area (Å²) in [7, 11) is 0. The molecular formula is C13H18BF3KN. The molecule has 6 heteroatoms. The molecule has 0 unspecified atom stereocenters. The molecule has 0 atom stereocenters. The summed E-state index contributed by atoms with van der Waals surface area (Å²) in [5.74, 6) is 0.532. The van der Waals surface area contributed by atoms with Crippen LogP contribution in [-0.4, -0.2) is 31.4 Å². The topological polar surface area (TPSA) is 3.24 Å². The van der Waals surface area contributed by atoms with Gasteiger partial charge >= 0.3 is 58.4 Å². The van der Waals surface area contributed by atoms with Crippen molar-refractivity contribution < 1.29 is 64.3 Å². The Bertz CT molecular complexity index is 364. The number of piperidine rings is 1. The summed E-state index contributed by atoms with van der Waals surface area (Å²) in [6, 6.07) is 10.2. The third-order valence-electron chi connectivity index (χ3n) is 3.54. The summed E-state index contributed by atoms with van der Waals surface area (Å²) in [5, 5.41) is 0. The molecule has 0 aromatic heterocycles. The van der Waals surface area contributed by atoms with Gasteiger partial charge in [0.05, 0.1) is 0 Å². The molecule has 0 radical (unpaired) electrons. The van der Waals surface area contributed by atoms with E-state index in [2.05, 4.69) is 12.1 Å². The van der Waals surface area contributed by atoms with Crippen LogP contribution < -0.4 is 51.4 Å². The minimum atomic E-state index is -4.67. The molecule has 0 spiro atoms. The van der Waals surface area contributed by atoms with Crippen LogP contribution in [0.5, 0.6) is 0 Å². The van der Waals surface area contributed by atoms with E-state index in [1.807, 2.05) is 18.2 Å². The van der Waals surface area contributed by atoms with Gasteiger partial charge in [0, 0.05) is 0 Å². The molecule has 1 aliphatic heterocycles. The van der Waals surface area contributed by atoms with Crippen LogP contribution in [0.1, 0.15) is 18.4 Å². The average Bonchev–Trinajstić information content (AvgIpc) is 2.31. The zero-order valence-corrected chi connectivity index (χ0v) is 14.5. The van der Waals surface area contributed by atoms with E-state index < -0.39 is 13.4 Å². The van der Waals surface area contributed by atoms with Gasteiger partial charge in [-0.1, -0.05) is 30.3 Å². The van der Waals surface area contributed by atoms with Gasteiger partial charge in [-0.15, -0.1) is 0 Å². The van der Waals surface area contributed by atoms with E-state index in [9.17, 15) is 12.9 Å². The number of nitrogens with zero attached hydrogens (tertiary/aromatic N) is 1. The number of halogens is 3. The van der Waals surface area contributed by atoms with Crippen LogP contribution in [0.2, 0.25) is 0 Å². The minimum absolute atomic E-state index is 0. The van der Waals surface area contributed by atoms with Crippen LogP contribution in [0.3, 0.4) is 0 Å². The van der Waals surface area contributed by atoms with Gasteiger partial charge in [0.15, 0.2) is 0 Å². The van der Waals surface area contributed by atoms with Crippen LogP contribution in [0.25, 0.3) is 0 Å². The molecule has 0 aliphatic carbocycles. The zero-order valence-electron chi connectivity index (χ0n) is 11.4. The second-order valence-electron chi connectivity index (χ2n) is 5.14. The fraction of sp³-hybridized carbons (Fsp3) is 0.538. The molecule has 1 nitrogen and oxygen atoms in total. The van der Waals surface area contributed by atoms with Crippen LogP contribution in [0.4, 0.5) is 12.9 Å². The van der Waals surface area contributed by atoms with E-state index >= 15 is 0 Å². The molecular weight excluding hydrogens is 277 g/mol. The van der Waals surface area contributed by atoms with Crippen LogP contribution >= 0.6 is 0 Å². The summed E-state index contributed by atoms with van der Waals surface area (Å²) in [5.41, 5.74) is 1.29. The van der Waals surface area contributed by atoms with E-state index in [0.29, 0.717) is 19.0 Å². The molecule has 0 saturated carbocycles. The standard InChI is InChI=1S/C13H18BF3N.K/c15-14(16,17)11-18-8-6-13(7-9-18)10-12-4-2-1-3-5-12;/h1-5,13H,6-11H2;/q-1;+1. The quantitative estimate of drug-likeness (QED) is 0.724. The number of benzene rings is 1. The van der Waals surface area contributed by atoms with Gasteiger partial charge < -0.3 is 17.8 Å². The van der Waals surface area contributed by atoms with Gasteiger partial charge in [-0.3, -0.25) is 0 Å². The van der Waals surface area contributed by atoms with Gasteiger partial charge in [0.1, 0.15) is 0 Å². The van der Waals surface area contributed by atoms with E-state index in [-0.39, 0.29) is 51.4 Å². The largest absolute Gasteiger partial charge is 1.00 e. The molecule has 1 fully saturated rings. The number of hydrogen-bond donors (Lipinski definition) is 0. The van der Waals surface area contributed by atoms with Crippen molar-refractivity contribution in [3.8, 4) is 0 Å². The first-order valence-corrected chi connectivity index (χ1v) is 6.50. The van der Waals surface area contributed by atoms with E-state index in [1.54, 1.807) is 4.90 Å². The third kappa shape index (κ3) is 6.78. The molecule has 0 N–H and O–H groups in total. The Morgan fingerprint density at radius 2 is 1.63 bits per heavy atom. The predicted octanol–water partition coefficient (Wildman–Crippen LogP) is 0.332. The number of rotatable bonds is 4. The van der Waals surface area contributed by atoms with Gasteiger partial charge in [0.25, 0.3) is 0 Å². The first-order valence-electron chi connectivity index (χ1n) is 6.50. The SMILES string of the molecule is F[B-](F)(F)CN1CCC(Cc2ccccc2)CC1.[K+]. The Labute approximate surface area is 155 Å². The average molecular weight is 295 g/mol. The smallest absolute Gasteiger partial charge is 0.448 e. The molecule has 1 heterocycles. The molecule has 1 aromatic carbocycles. The molecule has 100 valence electrons. The van der Waals surface area contributed by atoms with Gasteiger partial charge in [-0.25, -0.2) is 0 Å². The Morgan fingerprint density at radius 1 is 1.05 bits per heavy atom. The molecule has 2 rings (SSSR count). The van der Waals surface area contributed by atoms with Crippen molar-refractivity contribution in [1.82, 2.24) is 4.90 Å². The van der Waals surface area contributed by atoms with Gasteiger partial charge in [-0.05, 0) is 50.3 Å². The van der Waals surface area contributed by atoms with Crippen molar-refractivity contribution in [3.05, 3.63) is 35.9 Å². The molecule has 1 saturated heterocycles. The Hall–Kier alpha value is 0.671. The summed E-state index contributed by atoms with van der Waals surface area (Å²) in [6.45, 7) is -3.51. The maximum absolute atomic E-state index is 12.3. The Balaban J connectivity index is 0.00000180. The van der Waals surface area contributed by atoms with Crippen LogP contribution in [0.15, 0.2) is 30.3 Å². The summed E-state index contributed by atoms with van der Waals surface area (Å²) >= 11 is 0. The fourth-order valence-corrected chi connectivity index (χ4v) is 2.61. The van der Waals surface area contributed by atoms with Gasteiger partial charge in [-0.2, -0.15) is 0 Å². The normalized spacial score (nSPS) is 18.1. The first-order chi connectivity index (χ1) is 8.53. The molecule has 0 amide bonds. The summed E-state index contributed by atoms with van der Waals surface area (Å²) < 4.78 is 36.9. The third-order valence-corrected chi connectivity index (χ3v) is 3.54. The monoisotopic (exact) mass is 295 g/mol. The number of likely N-dealkylation sites (tertiary alicyclic amines) is 1. The molecule has 1 aliphatic rings. The second kappa shape index (κ2) is 8.20. The Morgan fingerprint density at radius 3 is 2.16 bits per heavy atom. The number of hydrogen-bond acceptors (Lipinski definition) is 1. The molecule has 1 aromatic rings. The van der Waals surface area contributed by atoms with Crippen molar-refractivity contribution in [2.24, 2.45) is 5.92 Å². The van der Waals surface area contributed by atoms with Crippen LogP contribution in [0, 0.1) is 5.92 Å². The van der Waals surface area contributed by atoms with Gasteiger partial charge in [0.2, 0.25) is 0 Å². The first kappa shape index (κ1) is 17.7. The van der Waals surface area contributed by atoms with Crippen molar-refractivity contribution >= 4 is 6.98 Å². The fourth-order valence-electron chi connectivity index (χ4n) is 2.61. The minimum Gasteiger partial charge on any atom is -0.448 e. The van der Waals surface area contributed by atoms with Crippen molar-refractivity contribution in [2.45, 2.75) is 19.3 Å². The zero-order chi connectivity index (χ0) is 13.0. The van der Waals surface area contributed by atoms with E-state index in [4.69, 9.17) is 0 Å². The van der Waals surface area contributed by atoms with Crippen molar-refractivity contribution in [1.29, 1.82) is 0 Å². The maximum atomic E-state index is 12.3. The molecule has 19 heavy (non-hydrogen) atoms. The maximum Gasteiger partial charge on any atom is 1.00 e. The Kier molecular flexibility index (Phi) is 7.65. The van der Waals surface area contributed by atoms with E-state index in [1.165, 1.54) is 5.56 Å².